The quantitative estimate of drug-likeness (QED) is 0.851. The molecule has 0 unspecified atom stereocenters. The predicted molar refractivity (Wildman–Crippen MR) is 85.9 cm³/mol. The molecule has 0 heterocycles. The van der Waals surface area contributed by atoms with E-state index in [1.54, 1.807) is 54.6 Å². The summed E-state index contributed by atoms with van der Waals surface area (Å²) < 4.78 is 26.5. The van der Waals surface area contributed by atoms with Crippen LogP contribution in [0.15, 0.2) is 66.1 Å². The first-order chi connectivity index (χ1) is 10.5. The largest absolute Gasteiger partial charge is 0.368 e. The second-order valence-corrected chi connectivity index (χ2v) is 6.22. The van der Waals surface area contributed by atoms with E-state index < -0.39 is 22.0 Å². The van der Waals surface area contributed by atoms with E-state index in [0.717, 1.165) is 11.0 Å². The summed E-state index contributed by atoms with van der Waals surface area (Å²) >= 11 is 0. The van der Waals surface area contributed by atoms with Crippen LogP contribution in [0.2, 0.25) is 0 Å². The van der Waals surface area contributed by atoms with Gasteiger partial charge in [0, 0.05) is 5.41 Å². The molecule has 0 aliphatic carbocycles. The average molecular weight is 316 g/mol. The number of amides is 1. The molecular weight excluding hydrogens is 300 g/mol. The molecule has 0 bridgehead atoms. The third-order valence-electron chi connectivity index (χ3n) is 2.94. The van der Waals surface area contributed by atoms with E-state index >= 15 is 0 Å². The van der Waals surface area contributed by atoms with E-state index in [2.05, 4.69) is 4.72 Å². The summed E-state index contributed by atoms with van der Waals surface area (Å²) in [5, 5.41) is 1.02. The molecule has 2 rings (SSSR count). The maximum absolute atomic E-state index is 12.1. The Morgan fingerprint density at radius 3 is 2.09 bits per heavy atom. The Morgan fingerprint density at radius 2 is 1.55 bits per heavy atom. The molecule has 114 valence electrons. The SMILES string of the molecule is NC(=O)[C@H](NS(=O)(=O)/C=C/c1ccccc1)c1ccccc1. The fourth-order valence-electron chi connectivity index (χ4n) is 1.87. The lowest BCUT2D eigenvalue weighted by molar-refractivity contribution is -0.119. The minimum absolute atomic E-state index is 0.492. The molecular formula is C16H16N2O3S. The van der Waals surface area contributed by atoms with Gasteiger partial charge in [-0.25, -0.2) is 8.42 Å². The highest BCUT2D eigenvalue weighted by molar-refractivity contribution is 7.92. The van der Waals surface area contributed by atoms with Crippen molar-refractivity contribution < 1.29 is 13.2 Å². The molecule has 5 nitrogen and oxygen atoms in total. The van der Waals surface area contributed by atoms with Gasteiger partial charge in [0.2, 0.25) is 15.9 Å². The van der Waals surface area contributed by atoms with Gasteiger partial charge in [-0.15, -0.1) is 0 Å². The number of carbonyl (C=O) groups excluding carboxylic acids is 1. The van der Waals surface area contributed by atoms with E-state index in [-0.39, 0.29) is 0 Å². The molecule has 1 amide bonds. The van der Waals surface area contributed by atoms with Crippen molar-refractivity contribution in [2.24, 2.45) is 5.73 Å². The maximum atomic E-state index is 12.1. The van der Waals surface area contributed by atoms with Crippen molar-refractivity contribution in [3.63, 3.8) is 0 Å². The molecule has 0 aliphatic heterocycles. The van der Waals surface area contributed by atoms with Crippen molar-refractivity contribution in [2.45, 2.75) is 6.04 Å². The first-order valence-electron chi connectivity index (χ1n) is 6.58. The van der Waals surface area contributed by atoms with Crippen LogP contribution < -0.4 is 10.5 Å². The molecule has 6 heteroatoms. The van der Waals surface area contributed by atoms with Crippen molar-refractivity contribution >= 4 is 22.0 Å². The fourth-order valence-corrected chi connectivity index (χ4v) is 2.87. The molecule has 22 heavy (non-hydrogen) atoms. The summed E-state index contributed by atoms with van der Waals surface area (Å²) in [6.45, 7) is 0. The lowest BCUT2D eigenvalue weighted by Gasteiger charge is -2.14. The summed E-state index contributed by atoms with van der Waals surface area (Å²) in [6.07, 6.45) is 1.45. The Morgan fingerprint density at radius 1 is 1.00 bits per heavy atom. The van der Waals surface area contributed by atoms with Gasteiger partial charge in [-0.1, -0.05) is 60.7 Å². The van der Waals surface area contributed by atoms with E-state index in [0.29, 0.717) is 5.56 Å². The standard InChI is InChI=1S/C16H16N2O3S/c17-16(19)15(14-9-5-2-6-10-14)18-22(20,21)12-11-13-7-3-1-4-8-13/h1-12,15,18H,(H2,17,19)/b12-11+/t15-/m1/s1. The highest BCUT2D eigenvalue weighted by Crippen LogP contribution is 2.14. The van der Waals surface area contributed by atoms with Gasteiger partial charge in [-0.3, -0.25) is 4.79 Å². The van der Waals surface area contributed by atoms with Gasteiger partial charge in [0.1, 0.15) is 6.04 Å². The normalized spacial score (nSPS) is 13.1. The Bertz CT molecular complexity index is 756. The third kappa shape index (κ3) is 4.54. The van der Waals surface area contributed by atoms with Crippen LogP contribution >= 0.6 is 0 Å². The molecule has 3 N–H and O–H groups in total. The van der Waals surface area contributed by atoms with Gasteiger partial charge in [0.25, 0.3) is 0 Å². The Labute approximate surface area is 129 Å². The van der Waals surface area contributed by atoms with Crippen LogP contribution in [0.1, 0.15) is 17.2 Å². The van der Waals surface area contributed by atoms with Gasteiger partial charge in [-0.05, 0) is 17.2 Å². The van der Waals surface area contributed by atoms with Crippen LogP contribution in [0.4, 0.5) is 0 Å². The van der Waals surface area contributed by atoms with Crippen molar-refractivity contribution in [1.82, 2.24) is 4.72 Å². The van der Waals surface area contributed by atoms with Crippen LogP contribution in [0.3, 0.4) is 0 Å². The van der Waals surface area contributed by atoms with Crippen LogP contribution in [-0.4, -0.2) is 14.3 Å². The molecule has 0 radical (unpaired) electrons. The minimum atomic E-state index is -3.80. The van der Waals surface area contributed by atoms with Crippen molar-refractivity contribution in [3.05, 3.63) is 77.2 Å². The van der Waals surface area contributed by atoms with E-state index in [1.165, 1.54) is 6.08 Å². The van der Waals surface area contributed by atoms with Crippen molar-refractivity contribution in [3.8, 4) is 0 Å². The molecule has 2 aromatic rings. The second kappa shape index (κ2) is 7.02. The lowest BCUT2D eigenvalue weighted by Crippen LogP contribution is -2.36. The summed E-state index contributed by atoms with van der Waals surface area (Å²) in [7, 11) is -3.80. The average Bonchev–Trinajstić information content (AvgIpc) is 2.52. The molecule has 0 saturated carbocycles. The zero-order chi connectivity index (χ0) is 16.0. The number of nitrogens with one attached hydrogen (secondary N) is 1. The minimum Gasteiger partial charge on any atom is -0.368 e. The van der Waals surface area contributed by atoms with Gasteiger partial charge < -0.3 is 5.73 Å². The zero-order valence-electron chi connectivity index (χ0n) is 11.7. The Kier molecular flexibility index (Phi) is 5.08. The van der Waals surface area contributed by atoms with E-state index in [4.69, 9.17) is 5.73 Å². The van der Waals surface area contributed by atoms with Crippen LogP contribution in [0.5, 0.6) is 0 Å². The van der Waals surface area contributed by atoms with Crippen LogP contribution in [0.25, 0.3) is 6.08 Å². The highest BCUT2D eigenvalue weighted by Gasteiger charge is 2.22. The number of rotatable bonds is 6. The summed E-state index contributed by atoms with van der Waals surface area (Å²) in [5.41, 5.74) is 6.52. The highest BCUT2D eigenvalue weighted by atomic mass is 32.2. The van der Waals surface area contributed by atoms with E-state index in [9.17, 15) is 13.2 Å². The van der Waals surface area contributed by atoms with E-state index in [1.807, 2.05) is 6.07 Å². The van der Waals surface area contributed by atoms with Gasteiger partial charge in [0.05, 0.1) is 0 Å². The number of sulfonamides is 1. The first-order valence-corrected chi connectivity index (χ1v) is 8.12. The number of carbonyl (C=O) groups is 1. The molecule has 0 fully saturated rings. The van der Waals surface area contributed by atoms with Gasteiger partial charge in [-0.2, -0.15) is 4.72 Å². The number of hydrogen-bond acceptors (Lipinski definition) is 3. The topological polar surface area (TPSA) is 89.3 Å². The number of primary amides is 1. The molecule has 0 aromatic heterocycles. The van der Waals surface area contributed by atoms with Gasteiger partial charge in [0.15, 0.2) is 0 Å². The third-order valence-corrected chi connectivity index (χ3v) is 4.00. The molecule has 1 atom stereocenters. The van der Waals surface area contributed by atoms with Gasteiger partial charge >= 0.3 is 0 Å². The van der Waals surface area contributed by atoms with Crippen LogP contribution in [-0.2, 0) is 14.8 Å². The summed E-state index contributed by atoms with van der Waals surface area (Å²) in [5.74, 6) is -0.761. The maximum Gasteiger partial charge on any atom is 0.240 e. The Balaban J connectivity index is 2.19. The molecule has 2 aromatic carbocycles. The molecule has 0 spiro atoms. The molecule has 0 saturated heterocycles. The van der Waals surface area contributed by atoms with Crippen LogP contribution in [0, 0.1) is 0 Å². The smallest absolute Gasteiger partial charge is 0.240 e. The zero-order valence-corrected chi connectivity index (χ0v) is 12.5. The number of hydrogen-bond donors (Lipinski definition) is 2. The van der Waals surface area contributed by atoms with Crippen molar-refractivity contribution in [1.29, 1.82) is 0 Å². The molecule has 0 aliphatic rings. The second-order valence-electron chi connectivity index (χ2n) is 4.62. The monoisotopic (exact) mass is 316 g/mol. The number of benzene rings is 2. The predicted octanol–water partition coefficient (Wildman–Crippen LogP) is 1.80. The first kappa shape index (κ1) is 15.9. The van der Waals surface area contributed by atoms with Crippen molar-refractivity contribution in [2.75, 3.05) is 0 Å². The Hall–Kier alpha value is -2.44. The lowest BCUT2D eigenvalue weighted by atomic mass is 10.1. The fraction of sp³-hybridized carbons (Fsp3) is 0.0625. The number of nitrogens with two attached hydrogens (primary N) is 1. The summed E-state index contributed by atoms with van der Waals surface area (Å²) in [6, 6.07) is 16.3. The summed E-state index contributed by atoms with van der Waals surface area (Å²) in [4.78, 5) is 11.5.